The van der Waals surface area contributed by atoms with Crippen LogP contribution in [-0.2, 0) is 13.6 Å². The highest BCUT2D eigenvalue weighted by molar-refractivity contribution is 9.10. The molecule has 0 aliphatic rings. The number of hydrogen-bond acceptors (Lipinski definition) is 4. The van der Waals surface area contributed by atoms with E-state index in [1.165, 1.54) is 11.7 Å². The molecule has 0 saturated carbocycles. The lowest BCUT2D eigenvalue weighted by Gasteiger charge is -2.07. The molecule has 0 spiro atoms. The van der Waals surface area contributed by atoms with Gasteiger partial charge in [0.1, 0.15) is 5.69 Å². The largest absolute Gasteiger partial charge is 0.354 e. The highest BCUT2D eigenvalue weighted by Gasteiger charge is 2.21. The third-order valence-corrected chi connectivity index (χ3v) is 3.41. The molecule has 2 amide bonds. The van der Waals surface area contributed by atoms with Crippen molar-refractivity contribution in [2.45, 2.75) is 13.5 Å². The monoisotopic (exact) mass is 354 g/mol. The maximum atomic E-state index is 12.4. The number of aromatic nitrogens is 4. The minimum atomic E-state index is -0.367. The van der Waals surface area contributed by atoms with Gasteiger partial charge < -0.3 is 10.6 Å². The van der Waals surface area contributed by atoms with Gasteiger partial charge in [0.2, 0.25) is 0 Å². The van der Waals surface area contributed by atoms with E-state index in [-0.39, 0.29) is 17.5 Å². The highest BCUT2D eigenvalue weighted by atomic mass is 79.9. The Hall–Kier alpha value is -2.16. The van der Waals surface area contributed by atoms with Crippen molar-refractivity contribution in [1.29, 1.82) is 0 Å². The fourth-order valence-corrected chi connectivity index (χ4v) is 2.35. The van der Waals surface area contributed by atoms with Crippen LogP contribution in [0.1, 0.15) is 27.9 Å². The molecule has 2 heterocycles. The van der Waals surface area contributed by atoms with Crippen LogP contribution in [-0.4, -0.2) is 38.4 Å². The van der Waals surface area contributed by atoms with Gasteiger partial charge in [0.15, 0.2) is 5.69 Å². The van der Waals surface area contributed by atoms with Crippen LogP contribution in [0.5, 0.6) is 0 Å². The van der Waals surface area contributed by atoms with Gasteiger partial charge in [-0.25, -0.2) is 0 Å². The lowest BCUT2D eigenvalue weighted by Crippen LogP contribution is -2.23. The molecule has 0 aliphatic heterocycles. The molecule has 9 heteroatoms. The molecule has 0 fully saturated rings. The fourth-order valence-electron chi connectivity index (χ4n) is 1.88. The first-order chi connectivity index (χ1) is 9.97. The zero-order valence-corrected chi connectivity index (χ0v) is 13.4. The number of halogens is 1. The fraction of sp³-hybridized carbons (Fsp3) is 0.333. The van der Waals surface area contributed by atoms with E-state index in [2.05, 4.69) is 36.8 Å². The summed E-state index contributed by atoms with van der Waals surface area (Å²) in [4.78, 5) is 24.1. The number of nitrogens with one attached hydrogen (secondary N) is 2. The molecule has 0 aromatic carbocycles. The number of nitrogens with zero attached hydrogens (tertiary/aromatic N) is 4. The number of aryl methyl sites for hydroxylation is 2. The van der Waals surface area contributed by atoms with Crippen LogP contribution in [0.3, 0.4) is 0 Å². The Morgan fingerprint density at radius 3 is 2.71 bits per heavy atom. The summed E-state index contributed by atoms with van der Waals surface area (Å²) >= 11 is 3.29. The van der Waals surface area contributed by atoms with Crippen molar-refractivity contribution in [2.75, 3.05) is 12.4 Å². The van der Waals surface area contributed by atoms with E-state index in [0.29, 0.717) is 22.4 Å². The van der Waals surface area contributed by atoms with Crippen molar-refractivity contribution >= 4 is 33.4 Å². The van der Waals surface area contributed by atoms with E-state index >= 15 is 0 Å². The van der Waals surface area contributed by atoms with Crippen LogP contribution in [0.4, 0.5) is 5.69 Å². The minimum Gasteiger partial charge on any atom is -0.354 e. The minimum absolute atomic E-state index is 0.159. The molecule has 0 bridgehead atoms. The predicted octanol–water partition coefficient (Wildman–Crippen LogP) is 1.01. The molecule has 0 aliphatic carbocycles. The molecule has 2 aromatic rings. The van der Waals surface area contributed by atoms with Crippen LogP contribution < -0.4 is 10.6 Å². The standard InChI is InChI=1S/C12H15BrN6O2/c1-4-19-10(7(13)5-15-19)12(21)16-8-6-18(3)17-9(8)11(20)14-2/h5-6H,4H2,1-3H3,(H,14,20)(H,16,21). The average Bonchev–Trinajstić information content (AvgIpc) is 3.00. The van der Waals surface area contributed by atoms with Crippen molar-refractivity contribution in [3.63, 3.8) is 0 Å². The van der Waals surface area contributed by atoms with Crippen molar-refractivity contribution in [3.05, 3.63) is 28.3 Å². The second-order valence-corrected chi connectivity index (χ2v) is 5.11. The summed E-state index contributed by atoms with van der Waals surface area (Å²) in [5, 5.41) is 13.3. The SMILES string of the molecule is CCn1ncc(Br)c1C(=O)Nc1cn(C)nc1C(=O)NC. The molecular weight excluding hydrogens is 340 g/mol. The summed E-state index contributed by atoms with van der Waals surface area (Å²) in [7, 11) is 3.18. The molecule has 0 unspecified atom stereocenters. The van der Waals surface area contributed by atoms with Gasteiger partial charge in [0.25, 0.3) is 11.8 Å². The van der Waals surface area contributed by atoms with E-state index in [1.807, 2.05) is 6.92 Å². The quantitative estimate of drug-likeness (QED) is 0.856. The van der Waals surface area contributed by atoms with Gasteiger partial charge in [-0.2, -0.15) is 10.2 Å². The lowest BCUT2D eigenvalue weighted by molar-refractivity contribution is 0.0958. The van der Waals surface area contributed by atoms with Crippen molar-refractivity contribution in [2.24, 2.45) is 7.05 Å². The van der Waals surface area contributed by atoms with Gasteiger partial charge in [-0.05, 0) is 22.9 Å². The third kappa shape index (κ3) is 2.97. The Labute approximate surface area is 129 Å². The van der Waals surface area contributed by atoms with Gasteiger partial charge in [0, 0.05) is 26.8 Å². The number of amides is 2. The second kappa shape index (κ2) is 6.08. The number of rotatable bonds is 4. The zero-order valence-electron chi connectivity index (χ0n) is 11.8. The van der Waals surface area contributed by atoms with Gasteiger partial charge in [0.05, 0.1) is 16.4 Å². The molecule has 2 N–H and O–H groups in total. The van der Waals surface area contributed by atoms with Crippen LogP contribution in [0.25, 0.3) is 0 Å². The molecule has 0 atom stereocenters. The zero-order chi connectivity index (χ0) is 15.6. The number of carbonyl (C=O) groups excluding carboxylic acids is 2. The highest BCUT2D eigenvalue weighted by Crippen LogP contribution is 2.19. The van der Waals surface area contributed by atoms with E-state index in [4.69, 9.17) is 0 Å². The summed E-state index contributed by atoms with van der Waals surface area (Å²) in [6.07, 6.45) is 3.13. The van der Waals surface area contributed by atoms with E-state index in [1.54, 1.807) is 24.1 Å². The first kappa shape index (κ1) is 15.2. The average molecular weight is 355 g/mol. The molecule has 8 nitrogen and oxygen atoms in total. The number of carbonyl (C=O) groups is 2. The second-order valence-electron chi connectivity index (χ2n) is 4.26. The van der Waals surface area contributed by atoms with Crippen molar-refractivity contribution in [3.8, 4) is 0 Å². The predicted molar refractivity (Wildman–Crippen MR) is 80.2 cm³/mol. The summed E-state index contributed by atoms with van der Waals surface area (Å²) in [6.45, 7) is 2.44. The van der Waals surface area contributed by atoms with Crippen LogP contribution in [0.15, 0.2) is 16.9 Å². The Morgan fingerprint density at radius 2 is 2.10 bits per heavy atom. The first-order valence-corrected chi connectivity index (χ1v) is 7.05. The maximum absolute atomic E-state index is 12.4. The van der Waals surface area contributed by atoms with Gasteiger partial charge in [-0.3, -0.25) is 19.0 Å². The van der Waals surface area contributed by atoms with Crippen LogP contribution in [0, 0.1) is 0 Å². The third-order valence-electron chi connectivity index (χ3n) is 2.83. The first-order valence-electron chi connectivity index (χ1n) is 6.26. The molecule has 0 radical (unpaired) electrons. The Bertz CT molecular complexity index is 690. The van der Waals surface area contributed by atoms with E-state index in [0.717, 1.165) is 0 Å². The summed E-state index contributed by atoms with van der Waals surface area (Å²) in [5.74, 6) is -0.728. The van der Waals surface area contributed by atoms with Gasteiger partial charge in [-0.1, -0.05) is 0 Å². The van der Waals surface area contributed by atoms with Gasteiger partial charge >= 0.3 is 0 Å². The van der Waals surface area contributed by atoms with E-state index in [9.17, 15) is 9.59 Å². The molecule has 21 heavy (non-hydrogen) atoms. The van der Waals surface area contributed by atoms with Crippen molar-refractivity contribution in [1.82, 2.24) is 24.9 Å². The smallest absolute Gasteiger partial charge is 0.275 e. The topological polar surface area (TPSA) is 93.8 Å². The molecular formula is C12H15BrN6O2. The Morgan fingerprint density at radius 1 is 1.38 bits per heavy atom. The Kier molecular flexibility index (Phi) is 4.41. The maximum Gasteiger partial charge on any atom is 0.275 e. The van der Waals surface area contributed by atoms with Crippen molar-refractivity contribution < 1.29 is 9.59 Å². The molecule has 2 rings (SSSR count). The molecule has 112 valence electrons. The Balaban J connectivity index is 2.32. The molecule has 0 saturated heterocycles. The van der Waals surface area contributed by atoms with Gasteiger partial charge in [-0.15, -0.1) is 0 Å². The number of hydrogen-bond donors (Lipinski definition) is 2. The number of anilines is 1. The lowest BCUT2D eigenvalue weighted by atomic mass is 10.3. The summed E-state index contributed by atoms with van der Waals surface area (Å²) in [5.41, 5.74) is 0.897. The molecule has 2 aromatic heterocycles. The van der Waals surface area contributed by atoms with E-state index < -0.39 is 0 Å². The van der Waals surface area contributed by atoms with Crippen LogP contribution >= 0.6 is 15.9 Å². The normalized spacial score (nSPS) is 10.5. The summed E-state index contributed by atoms with van der Waals surface area (Å²) < 4.78 is 3.62. The van der Waals surface area contributed by atoms with Crippen LogP contribution in [0.2, 0.25) is 0 Å². The summed E-state index contributed by atoms with van der Waals surface area (Å²) in [6, 6.07) is 0.